The van der Waals surface area contributed by atoms with Crippen molar-refractivity contribution < 1.29 is 4.79 Å². The molecule has 0 aromatic carbocycles. The van der Waals surface area contributed by atoms with Crippen molar-refractivity contribution in [3.05, 3.63) is 0 Å². The Balaban J connectivity index is 2.13. The number of nitrogens with one attached hydrogen (secondary N) is 1. The van der Waals surface area contributed by atoms with E-state index in [2.05, 4.69) is 17.2 Å². The lowest BCUT2D eigenvalue weighted by molar-refractivity contribution is -0.128. The largest absolute Gasteiger partial charge is 0.323 e. The summed E-state index contributed by atoms with van der Waals surface area (Å²) in [4.78, 5) is 13.5. The van der Waals surface area contributed by atoms with Gasteiger partial charge < -0.3 is 10.2 Å². The summed E-state index contributed by atoms with van der Waals surface area (Å²) in [6.45, 7) is 3.59. The maximum Gasteiger partial charge on any atom is 0.299 e. The molecule has 3 heteroatoms. The van der Waals surface area contributed by atoms with E-state index in [1.165, 1.54) is 0 Å². The molecule has 1 amide bonds. The van der Waals surface area contributed by atoms with Crippen molar-refractivity contribution in [3.63, 3.8) is 0 Å². The monoisotopic (exact) mass is 178 g/mol. The number of fused-ring (bicyclic) bond motifs is 2. The first-order valence-corrected chi connectivity index (χ1v) is 4.78. The first-order valence-electron chi connectivity index (χ1n) is 4.78. The fourth-order valence-corrected chi connectivity index (χ4v) is 2.28. The van der Waals surface area contributed by atoms with E-state index in [0.717, 1.165) is 25.9 Å². The van der Waals surface area contributed by atoms with Crippen molar-refractivity contribution >= 4 is 5.91 Å². The second-order valence-corrected chi connectivity index (χ2v) is 3.63. The zero-order chi connectivity index (χ0) is 9.26. The number of hydrogen-bond acceptors (Lipinski definition) is 2. The molecule has 2 aliphatic rings. The summed E-state index contributed by atoms with van der Waals surface area (Å²) in [7, 11) is 0. The third-order valence-corrected chi connectivity index (χ3v) is 2.85. The third kappa shape index (κ3) is 1.42. The highest BCUT2D eigenvalue weighted by molar-refractivity contribution is 5.94. The number of nitrogens with zero attached hydrogens (tertiary/aromatic N) is 1. The predicted octanol–water partition coefficient (Wildman–Crippen LogP) is -0.0275. The first kappa shape index (κ1) is 8.58. The molecule has 2 atom stereocenters. The highest BCUT2D eigenvalue weighted by Gasteiger charge is 2.38. The summed E-state index contributed by atoms with van der Waals surface area (Å²) < 4.78 is 0. The normalized spacial score (nSPS) is 31.0. The molecule has 0 unspecified atom stereocenters. The smallest absolute Gasteiger partial charge is 0.299 e. The molecule has 13 heavy (non-hydrogen) atoms. The van der Waals surface area contributed by atoms with Crippen LogP contribution < -0.4 is 5.32 Å². The van der Waals surface area contributed by atoms with E-state index in [-0.39, 0.29) is 5.91 Å². The molecule has 1 N–H and O–H groups in total. The van der Waals surface area contributed by atoms with Crippen LogP contribution in [0.4, 0.5) is 0 Å². The highest BCUT2D eigenvalue weighted by Crippen LogP contribution is 2.26. The van der Waals surface area contributed by atoms with Gasteiger partial charge in [-0.15, -0.1) is 0 Å². The Bertz CT molecular complexity index is 260. The third-order valence-electron chi connectivity index (χ3n) is 2.85. The zero-order valence-corrected chi connectivity index (χ0v) is 7.84. The molecule has 0 spiro atoms. The van der Waals surface area contributed by atoms with Crippen LogP contribution in [0.3, 0.4) is 0 Å². The zero-order valence-electron chi connectivity index (χ0n) is 7.84. The Morgan fingerprint density at radius 2 is 2.00 bits per heavy atom. The second kappa shape index (κ2) is 3.39. The Morgan fingerprint density at radius 3 is 2.54 bits per heavy atom. The number of amides is 1. The van der Waals surface area contributed by atoms with Gasteiger partial charge in [0.1, 0.15) is 0 Å². The Hall–Kier alpha value is -1.01. The topological polar surface area (TPSA) is 32.3 Å². The van der Waals surface area contributed by atoms with Gasteiger partial charge in [-0.2, -0.15) is 0 Å². The van der Waals surface area contributed by atoms with Gasteiger partial charge in [0.05, 0.1) is 0 Å². The second-order valence-electron chi connectivity index (χ2n) is 3.63. The van der Waals surface area contributed by atoms with Crippen LogP contribution in [0.25, 0.3) is 0 Å². The van der Waals surface area contributed by atoms with Crippen LogP contribution in [0.5, 0.6) is 0 Å². The van der Waals surface area contributed by atoms with Crippen molar-refractivity contribution in [2.75, 3.05) is 13.1 Å². The molecular weight excluding hydrogens is 164 g/mol. The van der Waals surface area contributed by atoms with Crippen LogP contribution in [0.1, 0.15) is 19.8 Å². The maximum atomic E-state index is 11.6. The highest BCUT2D eigenvalue weighted by atomic mass is 16.2. The van der Waals surface area contributed by atoms with Gasteiger partial charge in [0.25, 0.3) is 5.91 Å². The standard InChI is InChI=1S/C10H14N2O/c1-2-3-10(13)12-8-4-5-9(12)7-11-6-8/h8-9,11H,4-7H2,1H3/t8-,9+. The van der Waals surface area contributed by atoms with Crippen LogP contribution in [-0.4, -0.2) is 36.0 Å². The molecule has 2 saturated heterocycles. The molecular formula is C10H14N2O. The quantitative estimate of drug-likeness (QED) is 0.528. The molecule has 0 aromatic rings. The lowest BCUT2D eigenvalue weighted by atomic mass is 10.2. The summed E-state index contributed by atoms with van der Waals surface area (Å²) in [5.74, 6) is 5.31. The van der Waals surface area contributed by atoms with Gasteiger partial charge in [0.15, 0.2) is 0 Å². The van der Waals surface area contributed by atoms with Crippen molar-refractivity contribution in [2.45, 2.75) is 31.8 Å². The van der Waals surface area contributed by atoms with E-state index in [9.17, 15) is 4.79 Å². The molecule has 2 rings (SSSR count). The van der Waals surface area contributed by atoms with E-state index in [1.54, 1.807) is 6.92 Å². The predicted molar refractivity (Wildman–Crippen MR) is 50.0 cm³/mol. The molecule has 2 fully saturated rings. The molecule has 2 bridgehead atoms. The summed E-state index contributed by atoms with van der Waals surface area (Å²) in [6, 6.07) is 0.791. The van der Waals surface area contributed by atoms with Gasteiger partial charge in [0.2, 0.25) is 0 Å². The number of carbonyl (C=O) groups excluding carboxylic acids is 1. The Morgan fingerprint density at radius 1 is 1.38 bits per heavy atom. The molecule has 3 nitrogen and oxygen atoms in total. The summed E-state index contributed by atoms with van der Waals surface area (Å²) in [5, 5.41) is 3.33. The molecule has 0 saturated carbocycles. The number of piperazine rings is 1. The lowest BCUT2D eigenvalue weighted by Crippen LogP contribution is -2.53. The number of hydrogen-bond donors (Lipinski definition) is 1. The SMILES string of the molecule is CC#CC(=O)N1[C@@H]2CC[C@H]1CNC2. The van der Waals surface area contributed by atoms with Gasteiger partial charge >= 0.3 is 0 Å². The number of carbonyl (C=O) groups is 1. The van der Waals surface area contributed by atoms with Crippen LogP contribution in [0, 0.1) is 11.8 Å². The summed E-state index contributed by atoms with van der Waals surface area (Å²) in [5.41, 5.74) is 0. The molecule has 2 aliphatic heterocycles. The van der Waals surface area contributed by atoms with Crippen LogP contribution in [0.2, 0.25) is 0 Å². The Labute approximate surface area is 78.5 Å². The van der Waals surface area contributed by atoms with E-state index < -0.39 is 0 Å². The van der Waals surface area contributed by atoms with Gasteiger partial charge in [0, 0.05) is 25.2 Å². The van der Waals surface area contributed by atoms with Crippen molar-refractivity contribution in [1.29, 1.82) is 0 Å². The number of rotatable bonds is 0. The molecule has 0 radical (unpaired) electrons. The van der Waals surface area contributed by atoms with Crippen molar-refractivity contribution in [2.24, 2.45) is 0 Å². The van der Waals surface area contributed by atoms with Gasteiger partial charge in [-0.25, -0.2) is 0 Å². The first-order chi connectivity index (χ1) is 6.33. The van der Waals surface area contributed by atoms with Gasteiger partial charge in [-0.1, -0.05) is 5.92 Å². The van der Waals surface area contributed by atoms with Crippen LogP contribution in [-0.2, 0) is 4.79 Å². The Kier molecular flexibility index (Phi) is 2.24. The fraction of sp³-hybridized carbons (Fsp3) is 0.700. The van der Waals surface area contributed by atoms with E-state index in [1.807, 2.05) is 4.90 Å². The van der Waals surface area contributed by atoms with Crippen LogP contribution in [0.15, 0.2) is 0 Å². The minimum Gasteiger partial charge on any atom is -0.323 e. The minimum absolute atomic E-state index is 0.0106. The summed E-state index contributed by atoms with van der Waals surface area (Å²) >= 11 is 0. The molecule has 2 heterocycles. The molecule has 70 valence electrons. The molecule has 0 aromatic heterocycles. The average molecular weight is 178 g/mol. The summed E-state index contributed by atoms with van der Waals surface area (Å²) in [6.07, 6.45) is 2.27. The van der Waals surface area contributed by atoms with E-state index in [4.69, 9.17) is 0 Å². The maximum absolute atomic E-state index is 11.6. The van der Waals surface area contributed by atoms with E-state index >= 15 is 0 Å². The van der Waals surface area contributed by atoms with Crippen LogP contribution >= 0.6 is 0 Å². The van der Waals surface area contributed by atoms with E-state index in [0.29, 0.717) is 12.1 Å². The van der Waals surface area contributed by atoms with Crippen molar-refractivity contribution in [3.8, 4) is 11.8 Å². The minimum atomic E-state index is 0.0106. The lowest BCUT2D eigenvalue weighted by Gasteiger charge is -2.33. The fourth-order valence-electron chi connectivity index (χ4n) is 2.28. The van der Waals surface area contributed by atoms with Gasteiger partial charge in [-0.05, 0) is 25.7 Å². The average Bonchev–Trinajstić information content (AvgIpc) is 2.37. The molecule has 0 aliphatic carbocycles. The van der Waals surface area contributed by atoms with Gasteiger partial charge in [-0.3, -0.25) is 4.79 Å². The van der Waals surface area contributed by atoms with Crippen molar-refractivity contribution in [1.82, 2.24) is 10.2 Å².